The van der Waals surface area contributed by atoms with Crippen LogP contribution < -0.4 is 0 Å². The molecule has 5 heteroatoms. The topological polar surface area (TPSA) is 38.7 Å². The predicted molar refractivity (Wildman–Crippen MR) is 118 cm³/mol. The van der Waals surface area contributed by atoms with Crippen LogP contribution in [0.25, 0.3) is 0 Å². The fourth-order valence-electron chi connectivity index (χ4n) is 3.11. The van der Waals surface area contributed by atoms with E-state index in [0.717, 1.165) is 17.2 Å². The molecule has 0 aliphatic carbocycles. The number of ether oxygens (including phenoxy) is 1. The van der Waals surface area contributed by atoms with Crippen molar-refractivity contribution in [2.45, 2.75) is 38.8 Å². The Hall–Kier alpha value is -3.34. The molecule has 0 spiro atoms. The summed E-state index contributed by atoms with van der Waals surface area (Å²) in [5, 5.41) is 0. The van der Waals surface area contributed by atoms with Crippen molar-refractivity contribution in [3.63, 3.8) is 0 Å². The third-order valence-corrected chi connectivity index (χ3v) is 4.49. The monoisotopic (exact) mass is 421 g/mol. The molecule has 0 saturated heterocycles. The third-order valence-electron chi connectivity index (χ3n) is 4.49. The molecule has 0 saturated carbocycles. The van der Waals surface area contributed by atoms with Crippen LogP contribution in [-0.2, 0) is 16.0 Å². The summed E-state index contributed by atoms with van der Waals surface area (Å²) >= 11 is 0. The number of nitrogens with zero attached hydrogens (tertiary/aromatic N) is 1. The summed E-state index contributed by atoms with van der Waals surface area (Å²) in [7, 11) is 0. The lowest BCUT2D eigenvalue weighted by molar-refractivity contribution is -0.156. The van der Waals surface area contributed by atoms with E-state index in [1.165, 1.54) is 12.1 Å². The zero-order valence-electron chi connectivity index (χ0n) is 17.8. The summed E-state index contributed by atoms with van der Waals surface area (Å²) < 4.78 is 33.3. The van der Waals surface area contributed by atoms with E-state index in [2.05, 4.69) is 0 Å². The molecule has 1 unspecified atom stereocenters. The molecule has 0 amide bonds. The van der Waals surface area contributed by atoms with Crippen LogP contribution in [0.4, 0.5) is 8.78 Å². The summed E-state index contributed by atoms with van der Waals surface area (Å²) in [6.07, 6.45) is -0.0514. The van der Waals surface area contributed by atoms with E-state index < -0.39 is 29.2 Å². The van der Waals surface area contributed by atoms with Gasteiger partial charge in [0.1, 0.15) is 17.2 Å². The lowest BCUT2D eigenvalue weighted by Gasteiger charge is -2.23. The highest BCUT2D eigenvalue weighted by Gasteiger charge is 2.27. The van der Waals surface area contributed by atoms with Crippen molar-refractivity contribution in [1.29, 1.82) is 0 Å². The number of rotatable bonds is 6. The first-order valence-electron chi connectivity index (χ1n) is 10.1. The minimum absolute atomic E-state index is 0.0514. The van der Waals surface area contributed by atoms with Gasteiger partial charge in [-0.05, 0) is 32.4 Å². The van der Waals surface area contributed by atoms with E-state index in [0.29, 0.717) is 5.71 Å². The first-order chi connectivity index (χ1) is 14.7. The van der Waals surface area contributed by atoms with Crippen molar-refractivity contribution in [3.8, 4) is 0 Å². The first-order valence-corrected chi connectivity index (χ1v) is 10.1. The van der Waals surface area contributed by atoms with E-state index >= 15 is 0 Å². The molecule has 3 nitrogen and oxygen atoms in total. The molecule has 0 heterocycles. The average molecular weight is 421 g/mol. The Balaban J connectivity index is 2.08. The molecule has 3 aromatic rings. The van der Waals surface area contributed by atoms with E-state index in [1.807, 2.05) is 60.7 Å². The minimum atomic E-state index is -1.01. The number of esters is 1. The minimum Gasteiger partial charge on any atom is -0.458 e. The zero-order chi connectivity index (χ0) is 22.4. The van der Waals surface area contributed by atoms with Gasteiger partial charge in [-0.3, -0.25) is 4.99 Å². The van der Waals surface area contributed by atoms with Crippen LogP contribution in [0.3, 0.4) is 0 Å². The molecule has 0 aromatic heterocycles. The van der Waals surface area contributed by atoms with Gasteiger partial charge >= 0.3 is 5.97 Å². The molecule has 3 rings (SSSR count). The maximum absolute atomic E-state index is 14.4. The number of carbonyl (C=O) groups excluding carboxylic acids is 1. The van der Waals surface area contributed by atoms with Crippen LogP contribution >= 0.6 is 0 Å². The van der Waals surface area contributed by atoms with Crippen molar-refractivity contribution in [3.05, 3.63) is 107 Å². The highest BCUT2D eigenvalue weighted by atomic mass is 19.1. The Morgan fingerprint density at radius 2 is 1.45 bits per heavy atom. The highest BCUT2D eigenvalue weighted by Crippen LogP contribution is 2.19. The third kappa shape index (κ3) is 6.32. The van der Waals surface area contributed by atoms with E-state index in [1.54, 1.807) is 20.8 Å². The molecular weight excluding hydrogens is 396 g/mol. The fraction of sp³-hybridized carbons (Fsp3) is 0.231. The molecular formula is C26H25F2NO2. The second kappa shape index (κ2) is 9.65. The van der Waals surface area contributed by atoms with Gasteiger partial charge in [0.05, 0.1) is 5.71 Å². The molecule has 0 aliphatic rings. The van der Waals surface area contributed by atoms with Crippen molar-refractivity contribution in [2.24, 2.45) is 4.99 Å². The smallest absolute Gasteiger partial charge is 0.331 e. The molecule has 31 heavy (non-hydrogen) atoms. The van der Waals surface area contributed by atoms with Crippen LogP contribution in [0.15, 0.2) is 83.9 Å². The Morgan fingerprint density at radius 1 is 0.903 bits per heavy atom. The lowest BCUT2D eigenvalue weighted by atomic mass is 10.0. The summed E-state index contributed by atoms with van der Waals surface area (Å²) in [5.74, 6) is -1.96. The number of halogens is 2. The van der Waals surface area contributed by atoms with Gasteiger partial charge in [0, 0.05) is 23.6 Å². The van der Waals surface area contributed by atoms with Crippen LogP contribution in [0.1, 0.15) is 37.5 Å². The van der Waals surface area contributed by atoms with E-state index in [9.17, 15) is 13.6 Å². The quantitative estimate of drug-likeness (QED) is 0.375. The van der Waals surface area contributed by atoms with E-state index in [4.69, 9.17) is 9.73 Å². The molecule has 160 valence electrons. The van der Waals surface area contributed by atoms with E-state index in [-0.39, 0.29) is 12.0 Å². The summed E-state index contributed by atoms with van der Waals surface area (Å²) in [5.41, 5.74) is 1.70. The van der Waals surface area contributed by atoms with Gasteiger partial charge in [-0.1, -0.05) is 66.7 Å². The number of benzene rings is 3. The molecule has 3 aromatic carbocycles. The van der Waals surface area contributed by atoms with Gasteiger partial charge in [0.25, 0.3) is 0 Å². The average Bonchev–Trinajstić information content (AvgIpc) is 2.72. The standard InChI is InChI=1S/C26H25F2NO2/c1-26(2,3)31-25(30)23(16-20-14-15-21(27)17-22(20)28)29-24(18-10-6-4-7-11-18)19-12-8-5-9-13-19/h4-15,17,23H,16H2,1-3H3. The molecule has 0 bridgehead atoms. The first kappa shape index (κ1) is 22.3. The second-order valence-electron chi connectivity index (χ2n) is 8.20. The van der Waals surface area contributed by atoms with Gasteiger partial charge in [-0.25, -0.2) is 13.6 Å². The van der Waals surface area contributed by atoms with Crippen LogP contribution in [-0.4, -0.2) is 23.3 Å². The maximum Gasteiger partial charge on any atom is 0.331 e. The van der Waals surface area contributed by atoms with Crippen molar-refractivity contribution in [2.75, 3.05) is 0 Å². The Kier molecular flexibility index (Phi) is 6.95. The SMILES string of the molecule is CC(C)(C)OC(=O)C(Cc1ccc(F)cc1F)N=C(c1ccccc1)c1ccccc1. The Morgan fingerprint density at radius 3 is 1.94 bits per heavy atom. The summed E-state index contributed by atoms with van der Waals surface area (Å²) in [6, 6.07) is 21.2. The van der Waals surface area contributed by atoms with Gasteiger partial charge < -0.3 is 4.74 Å². The Bertz CT molecular complexity index is 1020. The van der Waals surface area contributed by atoms with Crippen molar-refractivity contribution >= 4 is 11.7 Å². The number of hydrogen-bond donors (Lipinski definition) is 0. The van der Waals surface area contributed by atoms with Crippen LogP contribution in [0, 0.1) is 11.6 Å². The number of carbonyl (C=O) groups is 1. The molecule has 1 atom stereocenters. The Labute approximate surface area is 181 Å². The lowest BCUT2D eigenvalue weighted by Crippen LogP contribution is -2.33. The predicted octanol–water partition coefficient (Wildman–Crippen LogP) is 5.76. The normalized spacial score (nSPS) is 12.2. The largest absolute Gasteiger partial charge is 0.458 e. The van der Waals surface area contributed by atoms with Crippen molar-refractivity contribution < 1.29 is 18.3 Å². The summed E-state index contributed by atoms with van der Waals surface area (Å²) in [4.78, 5) is 17.8. The van der Waals surface area contributed by atoms with Gasteiger partial charge in [-0.15, -0.1) is 0 Å². The number of aliphatic imine (C=N–C) groups is 1. The van der Waals surface area contributed by atoms with Crippen LogP contribution in [0.5, 0.6) is 0 Å². The molecule has 0 radical (unpaired) electrons. The van der Waals surface area contributed by atoms with Crippen molar-refractivity contribution in [1.82, 2.24) is 0 Å². The molecule has 0 N–H and O–H groups in total. The van der Waals surface area contributed by atoms with Gasteiger partial charge in [0.2, 0.25) is 0 Å². The van der Waals surface area contributed by atoms with Gasteiger partial charge in [0.15, 0.2) is 6.04 Å². The maximum atomic E-state index is 14.4. The van der Waals surface area contributed by atoms with Gasteiger partial charge in [-0.2, -0.15) is 0 Å². The molecule has 0 fully saturated rings. The summed E-state index contributed by atoms with van der Waals surface area (Å²) in [6.45, 7) is 5.29. The fourth-order valence-corrected chi connectivity index (χ4v) is 3.11. The van der Waals surface area contributed by atoms with Crippen LogP contribution in [0.2, 0.25) is 0 Å². The second-order valence-corrected chi connectivity index (χ2v) is 8.20. The zero-order valence-corrected chi connectivity index (χ0v) is 17.8. The highest BCUT2D eigenvalue weighted by molar-refractivity contribution is 6.13. The number of hydrogen-bond acceptors (Lipinski definition) is 3. The molecule has 0 aliphatic heterocycles.